The smallest absolute Gasteiger partial charge is 0.241 e. The van der Waals surface area contributed by atoms with Gasteiger partial charge in [-0.05, 0) is 19.3 Å². The molecule has 2 fully saturated rings. The number of hydrogen-bond donors (Lipinski definition) is 2. The van der Waals surface area contributed by atoms with Gasteiger partial charge in [0.05, 0.1) is 0 Å². The number of nitrogens with one attached hydrogen (secondary N) is 2. The van der Waals surface area contributed by atoms with Crippen LogP contribution in [-0.2, 0) is 4.79 Å². The van der Waals surface area contributed by atoms with Gasteiger partial charge in [0.2, 0.25) is 5.91 Å². The summed E-state index contributed by atoms with van der Waals surface area (Å²) in [7, 11) is 0. The summed E-state index contributed by atoms with van der Waals surface area (Å²) < 4.78 is 0. The van der Waals surface area contributed by atoms with Gasteiger partial charge in [0.15, 0.2) is 0 Å². The lowest BCUT2D eigenvalue weighted by atomic mass is 10.0. The second kappa shape index (κ2) is 1.95. The van der Waals surface area contributed by atoms with Crippen LogP contribution in [0, 0.1) is 0 Å². The molecule has 2 heterocycles. The summed E-state index contributed by atoms with van der Waals surface area (Å²) in [4.78, 5) is 11.2. The Balaban J connectivity index is 2.09. The largest absolute Gasteiger partial charge is 0.354 e. The highest BCUT2D eigenvalue weighted by molar-refractivity contribution is 5.89. The molecule has 1 spiro atoms. The Morgan fingerprint density at radius 1 is 1.40 bits per heavy atom. The van der Waals surface area contributed by atoms with E-state index in [0.29, 0.717) is 0 Å². The monoisotopic (exact) mass is 140 g/mol. The van der Waals surface area contributed by atoms with Gasteiger partial charge >= 0.3 is 0 Å². The molecule has 0 saturated carbocycles. The second-order valence-corrected chi connectivity index (χ2v) is 3.15. The molecule has 0 aromatic carbocycles. The minimum atomic E-state index is -0.128. The van der Waals surface area contributed by atoms with Crippen LogP contribution in [0.4, 0.5) is 0 Å². The fourth-order valence-corrected chi connectivity index (χ4v) is 1.48. The summed E-state index contributed by atoms with van der Waals surface area (Å²) in [5, 5.41) is 6.02. The van der Waals surface area contributed by atoms with Crippen LogP contribution in [0.15, 0.2) is 0 Å². The lowest BCUT2D eigenvalue weighted by molar-refractivity contribution is -0.123. The molecule has 3 heteroatoms. The molecule has 56 valence electrons. The maximum atomic E-state index is 11.2. The molecule has 0 aromatic heterocycles. The number of rotatable bonds is 0. The molecular formula is C7H12N2O. The van der Waals surface area contributed by atoms with Gasteiger partial charge in [0.1, 0.15) is 5.54 Å². The maximum absolute atomic E-state index is 11.2. The van der Waals surface area contributed by atoms with Crippen LogP contribution in [0.25, 0.3) is 0 Å². The molecule has 0 bridgehead atoms. The molecule has 1 amide bonds. The summed E-state index contributed by atoms with van der Waals surface area (Å²) in [5.74, 6) is 0.213. The Kier molecular flexibility index (Phi) is 1.20. The first-order chi connectivity index (χ1) is 4.83. The van der Waals surface area contributed by atoms with Gasteiger partial charge in [-0.1, -0.05) is 0 Å². The summed E-state index contributed by atoms with van der Waals surface area (Å²) >= 11 is 0. The normalized spacial score (nSPS) is 39.0. The van der Waals surface area contributed by atoms with E-state index in [4.69, 9.17) is 0 Å². The third-order valence-electron chi connectivity index (χ3n) is 2.35. The summed E-state index contributed by atoms with van der Waals surface area (Å²) in [6.07, 6.45) is 3.33. The van der Waals surface area contributed by atoms with Gasteiger partial charge in [-0.3, -0.25) is 10.1 Å². The van der Waals surface area contributed by atoms with Crippen LogP contribution in [-0.4, -0.2) is 24.5 Å². The molecule has 2 saturated heterocycles. The first-order valence-electron chi connectivity index (χ1n) is 3.87. The van der Waals surface area contributed by atoms with E-state index in [0.717, 1.165) is 25.9 Å². The predicted octanol–water partition coefficient (Wildman–Crippen LogP) is -0.372. The third-order valence-corrected chi connectivity index (χ3v) is 2.35. The molecule has 2 aliphatic heterocycles. The number of carbonyl (C=O) groups is 1. The van der Waals surface area contributed by atoms with Crippen LogP contribution in [0.5, 0.6) is 0 Å². The van der Waals surface area contributed by atoms with Gasteiger partial charge in [-0.2, -0.15) is 0 Å². The van der Waals surface area contributed by atoms with E-state index in [2.05, 4.69) is 10.6 Å². The minimum Gasteiger partial charge on any atom is -0.354 e. The van der Waals surface area contributed by atoms with Crippen molar-refractivity contribution in [3.05, 3.63) is 0 Å². The van der Waals surface area contributed by atoms with Crippen molar-refractivity contribution in [3.8, 4) is 0 Å². The molecule has 1 unspecified atom stereocenters. The number of amides is 1. The van der Waals surface area contributed by atoms with Crippen LogP contribution in [0.1, 0.15) is 19.3 Å². The Bertz CT molecular complexity index is 163. The molecular weight excluding hydrogens is 128 g/mol. The Morgan fingerprint density at radius 2 is 2.20 bits per heavy atom. The second-order valence-electron chi connectivity index (χ2n) is 3.15. The van der Waals surface area contributed by atoms with Crippen molar-refractivity contribution >= 4 is 5.91 Å². The molecule has 2 aliphatic rings. The van der Waals surface area contributed by atoms with Gasteiger partial charge < -0.3 is 5.32 Å². The SMILES string of the molecule is O=C1NCCCCC12CN2. The standard InChI is InChI=1S/C7H12N2O/c10-6-7(5-9-7)3-1-2-4-8-6/h9H,1-5H2,(H,8,10). The third kappa shape index (κ3) is 0.814. The highest BCUT2D eigenvalue weighted by Gasteiger charge is 2.49. The lowest BCUT2D eigenvalue weighted by Crippen LogP contribution is -2.37. The van der Waals surface area contributed by atoms with Gasteiger partial charge in [0, 0.05) is 13.1 Å². The first-order valence-corrected chi connectivity index (χ1v) is 3.87. The fourth-order valence-electron chi connectivity index (χ4n) is 1.48. The zero-order chi connectivity index (χ0) is 7.03. The molecule has 10 heavy (non-hydrogen) atoms. The van der Waals surface area contributed by atoms with Crippen molar-refractivity contribution in [2.75, 3.05) is 13.1 Å². The molecule has 0 aliphatic carbocycles. The van der Waals surface area contributed by atoms with Crippen molar-refractivity contribution in [1.82, 2.24) is 10.6 Å². The van der Waals surface area contributed by atoms with Crippen LogP contribution in [0.3, 0.4) is 0 Å². The molecule has 3 nitrogen and oxygen atoms in total. The van der Waals surface area contributed by atoms with E-state index in [1.165, 1.54) is 6.42 Å². The average molecular weight is 140 g/mol. The Labute approximate surface area is 60.2 Å². The van der Waals surface area contributed by atoms with E-state index in [1.807, 2.05) is 0 Å². The van der Waals surface area contributed by atoms with E-state index in [-0.39, 0.29) is 11.4 Å². The van der Waals surface area contributed by atoms with Gasteiger partial charge in [-0.15, -0.1) is 0 Å². The lowest BCUT2D eigenvalue weighted by Gasteiger charge is -2.06. The highest BCUT2D eigenvalue weighted by atomic mass is 16.2. The highest BCUT2D eigenvalue weighted by Crippen LogP contribution is 2.25. The molecule has 2 N–H and O–H groups in total. The van der Waals surface area contributed by atoms with E-state index < -0.39 is 0 Å². The van der Waals surface area contributed by atoms with Crippen molar-refractivity contribution in [3.63, 3.8) is 0 Å². The van der Waals surface area contributed by atoms with Gasteiger partial charge in [0.25, 0.3) is 0 Å². The summed E-state index contributed by atoms with van der Waals surface area (Å²) in [6, 6.07) is 0. The van der Waals surface area contributed by atoms with Crippen molar-refractivity contribution in [2.24, 2.45) is 0 Å². The fraction of sp³-hybridized carbons (Fsp3) is 0.857. The van der Waals surface area contributed by atoms with Crippen molar-refractivity contribution < 1.29 is 4.79 Å². The van der Waals surface area contributed by atoms with Crippen molar-refractivity contribution in [1.29, 1.82) is 0 Å². The molecule has 2 rings (SSSR count). The van der Waals surface area contributed by atoms with E-state index in [9.17, 15) is 4.79 Å². The minimum absolute atomic E-state index is 0.128. The summed E-state index contributed by atoms with van der Waals surface area (Å²) in [6.45, 7) is 1.75. The van der Waals surface area contributed by atoms with E-state index >= 15 is 0 Å². The Hall–Kier alpha value is -0.570. The zero-order valence-corrected chi connectivity index (χ0v) is 5.94. The number of carbonyl (C=O) groups excluding carboxylic acids is 1. The topological polar surface area (TPSA) is 51.0 Å². The van der Waals surface area contributed by atoms with Gasteiger partial charge in [-0.25, -0.2) is 0 Å². The maximum Gasteiger partial charge on any atom is 0.241 e. The average Bonchev–Trinajstić information content (AvgIpc) is 2.69. The van der Waals surface area contributed by atoms with Crippen LogP contribution in [0.2, 0.25) is 0 Å². The first kappa shape index (κ1) is 6.16. The quantitative estimate of drug-likeness (QED) is 0.451. The molecule has 1 atom stereocenters. The Morgan fingerprint density at radius 3 is 2.90 bits per heavy atom. The van der Waals surface area contributed by atoms with Crippen LogP contribution < -0.4 is 10.6 Å². The zero-order valence-electron chi connectivity index (χ0n) is 5.94. The molecule has 0 radical (unpaired) electrons. The summed E-state index contributed by atoms with van der Waals surface area (Å²) in [5.41, 5.74) is -0.128. The van der Waals surface area contributed by atoms with Crippen molar-refractivity contribution in [2.45, 2.75) is 24.8 Å². The van der Waals surface area contributed by atoms with Crippen LogP contribution >= 0.6 is 0 Å². The number of hydrogen-bond acceptors (Lipinski definition) is 2. The predicted molar refractivity (Wildman–Crippen MR) is 37.6 cm³/mol. The molecule has 0 aromatic rings. The van der Waals surface area contributed by atoms with E-state index in [1.54, 1.807) is 0 Å².